The molecule has 0 aromatic carbocycles. The van der Waals surface area contributed by atoms with Crippen molar-refractivity contribution in [2.45, 2.75) is 33.2 Å². The number of nitrogens with zero attached hydrogens (tertiary/aromatic N) is 3. The van der Waals surface area contributed by atoms with Crippen LogP contribution in [0.4, 0.5) is 11.5 Å². The molecule has 0 fully saturated rings. The molecule has 8 nitrogen and oxygen atoms in total. The number of aromatic nitrogens is 3. The van der Waals surface area contributed by atoms with Gasteiger partial charge in [-0.1, -0.05) is 13.3 Å². The summed E-state index contributed by atoms with van der Waals surface area (Å²) in [4.78, 5) is 44.3. The summed E-state index contributed by atoms with van der Waals surface area (Å²) in [5.74, 6) is -0.376. The maximum absolute atomic E-state index is 12.7. The lowest BCUT2D eigenvalue weighted by atomic mass is 10.2. The van der Waals surface area contributed by atoms with Gasteiger partial charge in [0.2, 0.25) is 0 Å². The van der Waals surface area contributed by atoms with Gasteiger partial charge in [-0.2, -0.15) is 0 Å². The van der Waals surface area contributed by atoms with Crippen molar-refractivity contribution in [3.63, 3.8) is 0 Å². The third-order valence-corrected chi connectivity index (χ3v) is 3.71. The molecule has 24 heavy (non-hydrogen) atoms. The van der Waals surface area contributed by atoms with Crippen molar-refractivity contribution in [1.82, 2.24) is 14.5 Å². The van der Waals surface area contributed by atoms with Crippen LogP contribution < -0.4 is 21.9 Å². The molecular formula is C16H21N5O3. The number of nitrogens with two attached hydrogens (primary N) is 1. The second-order valence-corrected chi connectivity index (χ2v) is 5.28. The molecule has 0 saturated heterocycles. The van der Waals surface area contributed by atoms with Crippen LogP contribution in [0.15, 0.2) is 34.1 Å². The van der Waals surface area contributed by atoms with Crippen molar-refractivity contribution in [2.75, 3.05) is 17.2 Å². The number of carbonyl (C=O) groups is 1. The first-order chi connectivity index (χ1) is 11.5. The number of H-pyrrole nitrogens is 1. The van der Waals surface area contributed by atoms with Crippen LogP contribution in [-0.2, 0) is 6.54 Å². The van der Waals surface area contributed by atoms with Crippen LogP contribution in [-0.4, -0.2) is 27.0 Å². The van der Waals surface area contributed by atoms with Crippen LogP contribution in [0.5, 0.6) is 0 Å². The SMILES string of the molecule is CCCCn1c(N)c(N(CC)C(=O)c2ccncc2)c(=O)[nH]c1=O. The molecule has 2 aromatic rings. The van der Waals surface area contributed by atoms with Gasteiger partial charge in [-0.15, -0.1) is 0 Å². The molecule has 2 heterocycles. The number of aromatic amines is 1. The van der Waals surface area contributed by atoms with E-state index in [4.69, 9.17) is 5.73 Å². The average molecular weight is 331 g/mol. The Hall–Kier alpha value is -2.90. The van der Waals surface area contributed by atoms with Gasteiger partial charge in [-0.05, 0) is 25.5 Å². The quantitative estimate of drug-likeness (QED) is 0.819. The minimum atomic E-state index is -0.672. The largest absolute Gasteiger partial charge is 0.383 e. The van der Waals surface area contributed by atoms with E-state index in [0.717, 1.165) is 12.8 Å². The van der Waals surface area contributed by atoms with Crippen LogP contribution >= 0.6 is 0 Å². The number of anilines is 2. The maximum atomic E-state index is 12.7. The molecular weight excluding hydrogens is 310 g/mol. The molecule has 0 radical (unpaired) electrons. The van der Waals surface area contributed by atoms with Gasteiger partial charge in [-0.25, -0.2) is 4.79 Å². The van der Waals surface area contributed by atoms with Gasteiger partial charge in [0.1, 0.15) is 5.82 Å². The average Bonchev–Trinajstić information content (AvgIpc) is 2.58. The third kappa shape index (κ3) is 3.37. The van der Waals surface area contributed by atoms with Gasteiger partial charge in [0.15, 0.2) is 5.69 Å². The molecule has 3 N–H and O–H groups in total. The molecule has 128 valence electrons. The van der Waals surface area contributed by atoms with E-state index in [-0.39, 0.29) is 24.0 Å². The zero-order valence-electron chi connectivity index (χ0n) is 13.8. The Morgan fingerprint density at radius 2 is 1.96 bits per heavy atom. The molecule has 0 saturated carbocycles. The fourth-order valence-electron chi connectivity index (χ4n) is 2.43. The number of hydrogen-bond donors (Lipinski definition) is 2. The number of carbonyl (C=O) groups excluding carboxylic acids is 1. The van der Waals surface area contributed by atoms with E-state index < -0.39 is 11.2 Å². The smallest absolute Gasteiger partial charge is 0.330 e. The molecule has 8 heteroatoms. The predicted octanol–water partition coefficient (Wildman–Crippen LogP) is 0.981. The highest BCUT2D eigenvalue weighted by Crippen LogP contribution is 2.19. The van der Waals surface area contributed by atoms with Crippen molar-refractivity contribution in [1.29, 1.82) is 0 Å². The molecule has 0 aliphatic carbocycles. The Morgan fingerprint density at radius 3 is 2.54 bits per heavy atom. The first-order valence-electron chi connectivity index (χ1n) is 7.85. The van der Waals surface area contributed by atoms with Crippen LogP contribution in [0.1, 0.15) is 37.0 Å². The Kier molecular flexibility index (Phi) is 5.51. The third-order valence-electron chi connectivity index (χ3n) is 3.71. The molecule has 2 aromatic heterocycles. The molecule has 2 rings (SSSR count). The number of nitrogens with one attached hydrogen (secondary N) is 1. The zero-order valence-corrected chi connectivity index (χ0v) is 13.8. The van der Waals surface area contributed by atoms with Crippen LogP contribution in [0, 0.1) is 0 Å². The Bertz CT molecular complexity index is 826. The Labute approximate surface area is 138 Å². The standard InChI is InChI=1S/C16H21N5O3/c1-3-5-10-21-13(17)12(14(22)19-16(21)24)20(4-2)15(23)11-6-8-18-9-7-11/h6-9H,3-5,10,17H2,1-2H3,(H,19,22,24). The van der Waals surface area contributed by atoms with E-state index >= 15 is 0 Å². The lowest BCUT2D eigenvalue weighted by Crippen LogP contribution is -2.41. The summed E-state index contributed by atoms with van der Waals surface area (Å²) < 4.78 is 1.29. The van der Waals surface area contributed by atoms with Gasteiger partial charge in [-0.3, -0.25) is 24.1 Å². The molecule has 0 aliphatic rings. The van der Waals surface area contributed by atoms with E-state index in [1.807, 2.05) is 6.92 Å². The highest BCUT2D eigenvalue weighted by Gasteiger charge is 2.23. The number of unbranched alkanes of at least 4 members (excludes halogenated alkanes) is 1. The van der Waals surface area contributed by atoms with Crippen molar-refractivity contribution >= 4 is 17.4 Å². The zero-order chi connectivity index (χ0) is 17.7. The van der Waals surface area contributed by atoms with Gasteiger partial charge in [0, 0.05) is 31.0 Å². The summed E-state index contributed by atoms with van der Waals surface area (Å²) >= 11 is 0. The fourth-order valence-corrected chi connectivity index (χ4v) is 2.43. The molecule has 0 bridgehead atoms. The van der Waals surface area contributed by atoms with Crippen LogP contribution in [0.3, 0.4) is 0 Å². The first kappa shape index (κ1) is 17.5. The summed E-state index contributed by atoms with van der Waals surface area (Å²) in [6, 6.07) is 3.12. The lowest BCUT2D eigenvalue weighted by Gasteiger charge is -2.23. The lowest BCUT2D eigenvalue weighted by molar-refractivity contribution is 0.0988. The number of nitrogen functional groups attached to an aromatic ring is 1. The fraction of sp³-hybridized carbons (Fsp3) is 0.375. The second-order valence-electron chi connectivity index (χ2n) is 5.28. The minimum absolute atomic E-state index is 0.00135. The van der Waals surface area contributed by atoms with Gasteiger partial charge < -0.3 is 10.6 Å². The molecule has 0 atom stereocenters. The highest BCUT2D eigenvalue weighted by atomic mass is 16.2. The second kappa shape index (κ2) is 7.58. The number of amides is 1. The van der Waals surface area contributed by atoms with Crippen molar-refractivity contribution in [3.8, 4) is 0 Å². The minimum Gasteiger partial charge on any atom is -0.383 e. The monoisotopic (exact) mass is 331 g/mol. The van der Waals surface area contributed by atoms with E-state index in [0.29, 0.717) is 12.1 Å². The maximum Gasteiger partial charge on any atom is 0.330 e. The molecule has 0 unspecified atom stereocenters. The molecule has 0 aliphatic heterocycles. The first-order valence-corrected chi connectivity index (χ1v) is 7.85. The van der Waals surface area contributed by atoms with Crippen molar-refractivity contribution in [3.05, 3.63) is 50.9 Å². The van der Waals surface area contributed by atoms with E-state index in [2.05, 4.69) is 9.97 Å². The van der Waals surface area contributed by atoms with Gasteiger partial charge >= 0.3 is 5.69 Å². The summed E-state index contributed by atoms with van der Waals surface area (Å²) in [5.41, 5.74) is 5.20. The van der Waals surface area contributed by atoms with E-state index in [1.54, 1.807) is 19.1 Å². The summed E-state index contributed by atoms with van der Waals surface area (Å²) in [7, 11) is 0. The summed E-state index contributed by atoms with van der Waals surface area (Å²) in [5, 5.41) is 0. The number of hydrogen-bond acceptors (Lipinski definition) is 5. The van der Waals surface area contributed by atoms with Crippen LogP contribution in [0.25, 0.3) is 0 Å². The van der Waals surface area contributed by atoms with Gasteiger partial charge in [0.05, 0.1) is 0 Å². The normalized spacial score (nSPS) is 10.6. The number of pyridine rings is 1. The predicted molar refractivity (Wildman–Crippen MR) is 92.2 cm³/mol. The van der Waals surface area contributed by atoms with Gasteiger partial charge in [0.25, 0.3) is 11.5 Å². The highest BCUT2D eigenvalue weighted by molar-refractivity contribution is 6.07. The summed E-state index contributed by atoms with van der Waals surface area (Å²) in [6.07, 6.45) is 4.60. The number of rotatable bonds is 6. The summed E-state index contributed by atoms with van der Waals surface area (Å²) in [6.45, 7) is 4.34. The van der Waals surface area contributed by atoms with Crippen molar-refractivity contribution < 1.29 is 4.79 Å². The van der Waals surface area contributed by atoms with E-state index in [1.165, 1.54) is 21.9 Å². The Morgan fingerprint density at radius 1 is 1.29 bits per heavy atom. The molecule has 0 spiro atoms. The van der Waals surface area contributed by atoms with Crippen LogP contribution in [0.2, 0.25) is 0 Å². The van der Waals surface area contributed by atoms with Crippen molar-refractivity contribution in [2.24, 2.45) is 0 Å². The Balaban J connectivity index is 2.54. The topological polar surface area (TPSA) is 114 Å². The van der Waals surface area contributed by atoms with E-state index in [9.17, 15) is 14.4 Å². The molecule has 1 amide bonds.